The van der Waals surface area contributed by atoms with Crippen LogP contribution < -0.4 is 10.6 Å². The monoisotopic (exact) mass is 252 g/mol. The molecule has 1 aliphatic heterocycles. The number of carboxylic acid groups (broad SMARTS) is 1. The van der Waals surface area contributed by atoms with Crippen molar-refractivity contribution >= 4 is 11.7 Å². The lowest BCUT2D eigenvalue weighted by Crippen LogP contribution is -2.22. The lowest BCUT2D eigenvalue weighted by Gasteiger charge is -2.18. The highest BCUT2D eigenvalue weighted by Crippen LogP contribution is 2.20. The number of halogens is 1. The van der Waals surface area contributed by atoms with Gasteiger partial charge in [-0.2, -0.15) is 0 Å². The molecule has 1 aromatic rings. The van der Waals surface area contributed by atoms with Crippen LogP contribution in [0, 0.1) is 5.82 Å². The third-order valence-corrected chi connectivity index (χ3v) is 3.15. The Morgan fingerprint density at radius 1 is 1.39 bits per heavy atom. The molecule has 1 atom stereocenters. The van der Waals surface area contributed by atoms with Crippen LogP contribution in [0.3, 0.4) is 0 Å². The van der Waals surface area contributed by atoms with Crippen LogP contribution in [0.2, 0.25) is 0 Å². The number of hydrogen-bond donors (Lipinski definition) is 3. The lowest BCUT2D eigenvalue weighted by molar-refractivity contribution is 0.0697. The Hall–Kier alpha value is -1.62. The molecule has 98 valence electrons. The Kier molecular flexibility index (Phi) is 4.15. The summed E-state index contributed by atoms with van der Waals surface area (Å²) in [6, 6.07) is 4.02. The lowest BCUT2D eigenvalue weighted by atomic mass is 10.1. The van der Waals surface area contributed by atoms with Gasteiger partial charge in [0.2, 0.25) is 0 Å². The Labute approximate surface area is 105 Å². The van der Waals surface area contributed by atoms with E-state index < -0.39 is 11.8 Å². The molecule has 0 bridgehead atoms. The molecule has 1 heterocycles. The molecule has 1 aromatic carbocycles. The van der Waals surface area contributed by atoms with Gasteiger partial charge in [0.1, 0.15) is 5.82 Å². The average molecular weight is 252 g/mol. The van der Waals surface area contributed by atoms with Crippen molar-refractivity contribution in [2.24, 2.45) is 0 Å². The minimum Gasteiger partial charge on any atom is -0.478 e. The number of carbonyl (C=O) groups is 1. The molecule has 3 N–H and O–H groups in total. The van der Waals surface area contributed by atoms with Crippen LogP contribution in [0.5, 0.6) is 0 Å². The quantitative estimate of drug-likeness (QED) is 0.770. The fourth-order valence-corrected chi connectivity index (χ4v) is 2.15. The fraction of sp³-hybridized carbons (Fsp3) is 0.462. The molecule has 4 nitrogen and oxygen atoms in total. The minimum absolute atomic E-state index is 0.102. The van der Waals surface area contributed by atoms with Crippen LogP contribution in [0.4, 0.5) is 10.1 Å². The highest BCUT2D eigenvalue weighted by Gasteiger charge is 2.14. The van der Waals surface area contributed by atoms with Gasteiger partial charge in [0, 0.05) is 6.04 Å². The number of rotatable bonds is 3. The van der Waals surface area contributed by atoms with E-state index in [0.29, 0.717) is 0 Å². The number of hydrogen-bond acceptors (Lipinski definition) is 3. The van der Waals surface area contributed by atoms with Crippen molar-refractivity contribution < 1.29 is 14.3 Å². The van der Waals surface area contributed by atoms with Crippen molar-refractivity contribution in [3.8, 4) is 0 Å². The van der Waals surface area contributed by atoms with E-state index in [1.165, 1.54) is 18.2 Å². The van der Waals surface area contributed by atoms with E-state index in [4.69, 9.17) is 5.11 Å². The van der Waals surface area contributed by atoms with Gasteiger partial charge in [-0.05, 0) is 50.6 Å². The van der Waals surface area contributed by atoms with E-state index >= 15 is 0 Å². The molecule has 18 heavy (non-hydrogen) atoms. The number of anilines is 1. The normalized spacial score (nSPS) is 20.2. The van der Waals surface area contributed by atoms with Gasteiger partial charge in [-0.15, -0.1) is 0 Å². The summed E-state index contributed by atoms with van der Waals surface area (Å²) in [5, 5.41) is 15.3. The standard InChI is InChI=1S/C13H17FN2O2/c14-11-4-3-9(13(17)18)8-12(11)16-10-2-1-6-15-7-5-10/h3-4,8,10,15-16H,1-2,5-7H2,(H,17,18). The van der Waals surface area contributed by atoms with Gasteiger partial charge in [-0.1, -0.05) is 0 Å². The van der Waals surface area contributed by atoms with Gasteiger partial charge >= 0.3 is 5.97 Å². The Morgan fingerprint density at radius 2 is 2.22 bits per heavy atom. The zero-order valence-corrected chi connectivity index (χ0v) is 10.1. The predicted molar refractivity (Wildman–Crippen MR) is 67.5 cm³/mol. The van der Waals surface area contributed by atoms with Gasteiger partial charge in [0.05, 0.1) is 11.3 Å². The third kappa shape index (κ3) is 3.20. The molecule has 1 aliphatic rings. The fourth-order valence-electron chi connectivity index (χ4n) is 2.15. The molecule has 0 aromatic heterocycles. The second kappa shape index (κ2) is 5.82. The Morgan fingerprint density at radius 3 is 3.00 bits per heavy atom. The molecule has 0 aliphatic carbocycles. The first-order valence-electron chi connectivity index (χ1n) is 6.17. The second-order valence-electron chi connectivity index (χ2n) is 4.52. The first-order chi connectivity index (χ1) is 8.66. The van der Waals surface area contributed by atoms with E-state index in [-0.39, 0.29) is 17.3 Å². The molecule has 5 heteroatoms. The van der Waals surface area contributed by atoms with Crippen LogP contribution >= 0.6 is 0 Å². The Bertz CT molecular complexity index is 429. The van der Waals surface area contributed by atoms with E-state index in [1.54, 1.807) is 0 Å². The van der Waals surface area contributed by atoms with Crippen molar-refractivity contribution in [3.63, 3.8) is 0 Å². The highest BCUT2D eigenvalue weighted by molar-refractivity contribution is 5.88. The summed E-state index contributed by atoms with van der Waals surface area (Å²) in [7, 11) is 0. The molecule has 0 saturated carbocycles. The van der Waals surface area contributed by atoms with Crippen molar-refractivity contribution in [1.82, 2.24) is 5.32 Å². The maximum absolute atomic E-state index is 13.6. The summed E-state index contributed by atoms with van der Waals surface area (Å²) in [6.07, 6.45) is 2.92. The van der Waals surface area contributed by atoms with E-state index in [2.05, 4.69) is 10.6 Å². The van der Waals surface area contributed by atoms with Gasteiger partial charge in [0.15, 0.2) is 0 Å². The van der Waals surface area contributed by atoms with Crippen molar-refractivity contribution in [2.75, 3.05) is 18.4 Å². The number of nitrogens with one attached hydrogen (secondary N) is 2. The summed E-state index contributed by atoms with van der Waals surface area (Å²) >= 11 is 0. The molecule has 0 amide bonds. The number of benzene rings is 1. The molecule has 1 fully saturated rings. The first-order valence-corrected chi connectivity index (χ1v) is 6.17. The van der Waals surface area contributed by atoms with Crippen molar-refractivity contribution in [3.05, 3.63) is 29.6 Å². The molecule has 2 rings (SSSR count). The maximum Gasteiger partial charge on any atom is 0.335 e. The second-order valence-corrected chi connectivity index (χ2v) is 4.52. The minimum atomic E-state index is -1.04. The maximum atomic E-state index is 13.6. The summed E-state index contributed by atoms with van der Waals surface area (Å²) in [6.45, 7) is 1.88. The first kappa shape index (κ1) is 12.8. The number of carboxylic acids is 1. The van der Waals surface area contributed by atoms with Crippen LogP contribution in [0.15, 0.2) is 18.2 Å². The summed E-state index contributed by atoms with van der Waals surface area (Å²) < 4.78 is 13.6. The van der Waals surface area contributed by atoms with Crippen LogP contribution in [-0.2, 0) is 0 Å². The summed E-state index contributed by atoms with van der Waals surface area (Å²) in [5.41, 5.74) is 0.382. The predicted octanol–water partition coefficient (Wildman–Crippen LogP) is 2.08. The molecule has 0 radical (unpaired) electrons. The van der Waals surface area contributed by atoms with Crippen molar-refractivity contribution in [1.29, 1.82) is 0 Å². The third-order valence-electron chi connectivity index (χ3n) is 3.15. The zero-order chi connectivity index (χ0) is 13.0. The summed E-state index contributed by atoms with van der Waals surface area (Å²) in [5.74, 6) is -1.45. The van der Waals surface area contributed by atoms with Crippen LogP contribution in [-0.4, -0.2) is 30.2 Å². The average Bonchev–Trinajstić information content (AvgIpc) is 2.60. The van der Waals surface area contributed by atoms with Crippen LogP contribution in [0.1, 0.15) is 29.6 Å². The smallest absolute Gasteiger partial charge is 0.335 e. The largest absolute Gasteiger partial charge is 0.478 e. The molecule has 1 saturated heterocycles. The highest BCUT2D eigenvalue weighted by atomic mass is 19.1. The van der Waals surface area contributed by atoms with Gasteiger partial charge in [0.25, 0.3) is 0 Å². The van der Waals surface area contributed by atoms with E-state index in [0.717, 1.165) is 32.4 Å². The molecule has 1 unspecified atom stereocenters. The van der Waals surface area contributed by atoms with Gasteiger partial charge < -0.3 is 15.7 Å². The van der Waals surface area contributed by atoms with Crippen molar-refractivity contribution in [2.45, 2.75) is 25.3 Å². The van der Waals surface area contributed by atoms with Gasteiger partial charge in [-0.25, -0.2) is 9.18 Å². The van der Waals surface area contributed by atoms with Crippen LogP contribution in [0.25, 0.3) is 0 Å². The zero-order valence-electron chi connectivity index (χ0n) is 10.1. The van der Waals surface area contributed by atoms with E-state index in [9.17, 15) is 9.18 Å². The molecule has 0 spiro atoms. The van der Waals surface area contributed by atoms with E-state index in [1.807, 2.05) is 0 Å². The molecular weight excluding hydrogens is 235 g/mol. The molecular formula is C13H17FN2O2. The number of aromatic carboxylic acids is 1. The Balaban J connectivity index is 2.11. The summed E-state index contributed by atoms with van der Waals surface area (Å²) in [4.78, 5) is 10.9. The SMILES string of the molecule is O=C(O)c1ccc(F)c(NC2CCCNCC2)c1. The van der Waals surface area contributed by atoms with Gasteiger partial charge in [-0.3, -0.25) is 0 Å². The topological polar surface area (TPSA) is 61.4 Å².